The summed E-state index contributed by atoms with van der Waals surface area (Å²) >= 11 is 0. The van der Waals surface area contributed by atoms with E-state index in [1.54, 1.807) is 24.0 Å². The van der Waals surface area contributed by atoms with Crippen LogP contribution in [-0.4, -0.2) is 53.3 Å². The van der Waals surface area contributed by atoms with Crippen LogP contribution in [0, 0.1) is 18.7 Å². The van der Waals surface area contributed by atoms with E-state index in [0.29, 0.717) is 44.1 Å². The van der Waals surface area contributed by atoms with Crippen molar-refractivity contribution in [3.63, 3.8) is 0 Å². The lowest BCUT2D eigenvalue weighted by atomic mass is 9.97. The van der Waals surface area contributed by atoms with Gasteiger partial charge in [0, 0.05) is 26.2 Å². The predicted molar refractivity (Wildman–Crippen MR) is 93.3 cm³/mol. The number of nitrogens with one attached hydrogen (secondary N) is 1. The summed E-state index contributed by atoms with van der Waals surface area (Å²) < 4.78 is 13.7. The highest BCUT2D eigenvalue weighted by atomic mass is 19.1. The Balaban J connectivity index is 1.66. The van der Waals surface area contributed by atoms with E-state index in [2.05, 4.69) is 10.2 Å². The molecule has 1 aromatic carbocycles. The molecule has 5 nitrogen and oxygen atoms in total. The van der Waals surface area contributed by atoms with Gasteiger partial charge in [0.15, 0.2) is 0 Å². The van der Waals surface area contributed by atoms with E-state index in [1.165, 1.54) is 0 Å². The molecule has 3 rings (SSSR count). The maximum atomic E-state index is 13.7. The number of aryl methyl sites for hydroxylation is 1. The van der Waals surface area contributed by atoms with Crippen molar-refractivity contribution >= 4 is 11.8 Å². The van der Waals surface area contributed by atoms with E-state index >= 15 is 0 Å². The van der Waals surface area contributed by atoms with Crippen LogP contribution >= 0.6 is 0 Å². The maximum Gasteiger partial charge on any atom is 0.245 e. The fraction of sp³-hybridized carbons (Fsp3) is 0.579. The van der Waals surface area contributed by atoms with Gasteiger partial charge in [-0.15, -0.1) is 0 Å². The van der Waals surface area contributed by atoms with Crippen LogP contribution in [0.25, 0.3) is 0 Å². The summed E-state index contributed by atoms with van der Waals surface area (Å²) in [5, 5.41) is 2.88. The molecule has 0 aliphatic carbocycles. The van der Waals surface area contributed by atoms with Crippen LogP contribution in [0.2, 0.25) is 0 Å². The molecule has 1 N–H and O–H groups in total. The van der Waals surface area contributed by atoms with Gasteiger partial charge in [-0.25, -0.2) is 4.39 Å². The third-order valence-electron chi connectivity index (χ3n) is 5.01. The van der Waals surface area contributed by atoms with Crippen molar-refractivity contribution in [3.8, 4) is 0 Å². The first kappa shape index (κ1) is 17.9. The number of benzene rings is 1. The van der Waals surface area contributed by atoms with E-state index in [0.717, 1.165) is 5.56 Å². The number of hydrogen-bond acceptors (Lipinski definition) is 3. The molecule has 25 heavy (non-hydrogen) atoms. The van der Waals surface area contributed by atoms with Crippen molar-refractivity contribution in [1.29, 1.82) is 0 Å². The first-order valence-electron chi connectivity index (χ1n) is 8.93. The molecule has 2 saturated heterocycles. The van der Waals surface area contributed by atoms with Crippen molar-refractivity contribution in [2.24, 2.45) is 5.92 Å². The lowest BCUT2D eigenvalue weighted by Crippen LogP contribution is -2.69. The summed E-state index contributed by atoms with van der Waals surface area (Å²) in [5.41, 5.74) is 1.51. The number of rotatable bonds is 4. The van der Waals surface area contributed by atoms with E-state index in [9.17, 15) is 14.0 Å². The molecule has 6 heteroatoms. The van der Waals surface area contributed by atoms with Crippen molar-refractivity contribution in [2.45, 2.75) is 45.8 Å². The number of carbonyl (C=O) groups excluding carboxylic acids is 2. The molecule has 0 spiro atoms. The summed E-state index contributed by atoms with van der Waals surface area (Å²) in [5.74, 6) is 0.0890. The topological polar surface area (TPSA) is 52.6 Å². The molecule has 0 saturated carbocycles. The van der Waals surface area contributed by atoms with Gasteiger partial charge >= 0.3 is 0 Å². The number of halogens is 1. The third-order valence-corrected chi connectivity index (χ3v) is 5.01. The second-order valence-corrected chi connectivity index (χ2v) is 7.56. The molecular weight excluding hydrogens is 321 g/mol. The zero-order chi connectivity index (χ0) is 18.1. The smallest absolute Gasteiger partial charge is 0.245 e. The molecular formula is C19H26FN3O2. The maximum absolute atomic E-state index is 13.7. The van der Waals surface area contributed by atoms with Crippen LogP contribution in [-0.2, 0) is 16.1 Å². The first-order chi connectivity index (χ1) is 11.8. The average Bonchev–Trinajstić information content (AvgIpc) is 2.55. The zero-order valence-corrected chi connectivity index (χ0v) is 15.1. The average molecular weight is 347 g/mol. The number of piperazine rings is 2. The quantitative estimate of drug-likeness (QED) is 0.902. The van der Waals surface area contributed by atoms with Crippen molar-refractivity contribution in [2.75, 3.05) is 19.6 Å². The van der Waals surface area contributed by atoms with Crippen LogP contribution in [0.1, 0.15) is 31.4 Å². The molecule has 2 heterocycles. The normalized spacial score (nSPS) is 24.4. The fourth-order valence-corrected chi connectivity index (χ4v) is 3.63. The monoisotopic (exact) mass is 347 g/mol. The molecule has 0 bridgehead atoms. The summed E-state index contributed by atoms with van der Waals surface area (Å²) in [4.78, 5) is 28.9. The molecule has 2 fully saturated rings. The molecule has 136 valence electrons. The number of hydrogen-bond donors (Lipinski definition) is 1. The number of fused-ring (bicyclic) bond motifs is 1. The zero-order valence-electron chi connectivity index (χ0n) is 15.1. The summed E-state index contributed by atoms with van der Waals surface area (Å²) in [6.45, 7) is 8.14. The molecule has 2 aliphatic heterocycles. The van der Waals surface area contributed by atoms with Gasteiger partial charge in [-0.05, 0) is 36.5 Å². The third kappa shape index (κ3) is 3.84. The predicted octanol–water partition coefficient (Wildman–Crippen LogP) is 1.69. The van der Waals surface area contributed by atoms with Gasteiger partial charge < -0.3 is 10.2 Å². The van der Waals surface area contributed by atoms with Gasteiger partial charge in [-0.3, -0.25) is 14.5 Å². The largest absolute Gasteiger partial charge is 0.342 e. The minimum atomic E-state index is -0.444. The highest BCUT2D eigenvalue weighted by Gasteiger charge is 2.43. The van der Waals surface area contributed by atoms with E-state index in [1.807, 2.05) is 19.9 Å². The van der Waals surface area contributed by atoms with Crippen LogP contribution in [0.5, 0.6) is 0 Å². The Kier molecular flexibility index (Phi) is 5.08. The van der Waals surface area contributed by atoms with Gasteiger partial charge in [0.2, 0.25) is 11.8 Å². The van der Waals surface area contributed by atoms with Crippen LogP contribution in [0.4, 0.5) is 4.39 Å². The lowest BCUT2D eigenvalue weighted by molar-refractivity contribution is -0.153. The Morgan fingerprint density at radius 3 is 2.72 bits per heavy atom. The van der Waals surface area contributed by atoms with E-state index in [4.69, 9.17) is 0 Å². The number of nitrogens with zero attached hydrogens (tertiary/aromatic N) is 2. The van der Waals surface area contributed by atoms with Crippen LogP contribution in [0.3, 0.4) is 0 Å². The van der Waals surface area contributed by atoms with E-state index < -0.39 is 12.1 Å². The number of carbonyl (C=O) groups is 2. The Labute approximate surface area is 148 Å². The molecule has 1 aromatic rings. The minimum absolute atomic E-state index is 0.0272. The Bertz CT molecular complexity index is 677. The molecule has 2 aliphatic rings. The van der Waals surface area contributed by atoms with Gasteiger partial charge in [0.1, 0.15) is 17.9 Å². The second kappa shape index (κ2) is 7.12. The second-order valence-electron chi connectivity index (χ2n) is 7.56. The van der Waals surface area contributed by atoms with E-state index in [-0.39, 0.29) is 17.6 Å². The first-order valence-corrected chi connectivity index (χ1v) is 8.93. The standard InChI is InChI=1S/C19H26FN3O2/c1-12(2)8-16-19(25)23-7-6-22(11-17(23)18(24)21-16)10-14-5-4-13(3)15(20)9-14/h4-5,9,12,16-17H,6-8,10-11H2,1-3H3,(H,21,24)/t16-,17-/m1/s1. The Morgan fingerprint density at radius 1 is 1.28 bits per heavy atom. The van der Waals surface area contributed by atoms with Crippen molar-refractivity contribution < 1.29 is 14.0 Å². The minimum Gasteiger partial charge on any atom is -0.342 e. The summed E-state index contributed by atoms with van der Waals surface area (Å²) in [6.07, 6.45) is 0.667. The van der Waals surface area contributed by atoms with Crippen LogP contribution < -0.4 is 5.32 Å². The van der Waals surface area contributed by atoms with Crippen molar-refractivity contribution in [3.05, 3.63) is 35.1 Å². The van der Waals surface area contributed by atoms with Gasteiger partial charge in [0.05, 0.1) is 0 Å². The SMILES string of the molecule is Cc1ccc(CN2CCN3C(=O)[C@@H](CC(C)C)NC(=O)[C@H]3C2)cc1F. The van der Waals surface area contributed by atoms with Gasteiger partial charge in [0.25, 0.3) is 0 Å². The summed E-state index contributed by atoms with van der Waals surface area (Å²) in [7, 11) is 0. The highest BCUT2D eigenvalue weighted by Crippen LogP contribution is 2.21. The lowest BCUT2D eigenvalue weighted by Gasteiger charge is -2.45. The molecule has 0 aromatic heterocycles. The molecule has 0 unspecified atom stereocenters. The molecule has 0 radical (unpaired) electrons. The van der Waals surface area contributed by atoms with Gasteiger partial charge in [-0.2, -0.15) is 0 Å². The Hall–Kier alpha value is -1.95. The van der Waals surface area contributed by atoms with Gasteiger partial charge in [-0.1, -0.05) is 26.0 Å². The Morgan fingerprint density at radius 2 is 2.04 bits per heavy atom. The highest BCUT2D eigenvalue weighted by molar-refractivity contribution is 5.97. The summed E-state index contributed by atoms with van der Waals surface area (Å²) in [6, 6.07) is 4.39. The van der Waals surface area contributed by atoms with Crippen LogP contribution in [0.15, 0.2) is 18.2 Å². The molecule has 2 atom stereocenters. The molecule has 2 amide bonds. The fourth-order valence-electron chi connectivity index (χ4n) is 3.63. The van der Waals surface area contributed by atoms with Crippen molar-refractivity contribution in [1.82, 2.24) is 15.1 Å². The number of amides is 2.